The summed E-state index contributed by atoms with van der Waals surface area (Å²) in [6, 6.07) is 61.3. The van der Waals surface area contributed by atoms with Crippen LogP contribution in [-0.2, 0) is 0 Å². The Labute approximate surface area is 291 Å². The molecule has 3 aromatic heterocycles. The van der Waals surface area contributed by atoms with E-state index in [1.54, 1.807) is 0 Å². The number of furan rings is 1. The first-order chi connectivity index (χ1) is 24.8. The fourth-order valence-electron chi connectivity index (χ4n) is 7.95. The Morgan fingerprint density at radius 3 is 1.98 bits per heavy atom. The van der Waals surface area contributed by atoms with E-state index in [9.17, 15) is 0 Å². The molecule has 0 spiro atoms. The van der Waals surface area contributed by atoms with Gasteiger partial charge in [0.15, 0.2) is 0 Å². The van der Waals surface area contributed by atoms with Crippen molar-refractivity contribution in [2.45, 2.75) is 0 Å². The van der Waals surface area contributed by atoms with Gasteiger partial charge in [0.1, 0.15) is 11.2 Å². The number of rotatable bonds is 4. The summed E-state index contributed by atoms with van der Waals surface area (Å²) in [7, 11) is 0. The maximum atomic E-state index is 6.30. The van der Waals surface area contributed by atoms with Gasteiger partial charge in [-0.05, 0) is 83.6 Å². The van der Waals surface area contributed by atoms with Crippen LogP contribution >= 0.6 is 11.3 Å². The van der Waals surface area contributed by atoms with E-state index in [-0.39, 0.29) is 0 Å². The molecule has 0 atom stereocenters. The lowest BCUT2D eigenvalue weighted by Crippen LogP contribution is -2.10. The predicted molar refractivity (Wildman–Crippen MR) is 213 cm³/mol. The lowest BCUT2D eigenvalue weighted by molar-refractivity contribution is 0.669. The number of aromatic nitrogens is 1. The van der Waals surface area contributed by atoms with Gasteiger partial charge in [-0.25, -0.2) is 0 Å². The van der Waals surface area contributed by atoms with E-state index in [1.165, 1.54) is 52.8 Å². The number of fused-ring (bicyclic) bond motifs is 11. The molecule has 0 unspecified atom stereocenters. The Hall–Kier alpha value is -6.36. The van der Waals surface area contributed by atoms with Crippen molar-refractivity contribution < 1.29 is 4.42 Å². The molecule has 0 fully saturated rings. The first-order valence-electron chi connectivity index (χ1n) is 16.9. The molecule has 8 aromatic carbocycles. The highest BCUT2D eigenvalue weighted by Crippen LogP contribution is 2.49. The van der Waals surface area contributed by atoms with E-state index >= 15 is 0 Å². The van der Waals surface area contributed by atoms with Crippen LogP contribution in [0.3, 0.4) is 0 Å². The highest BCUT2D eigenvalue weighted by Gasteiger charge is 2.23. The smallest absolute Gasteiger partial charge is 0.135 e. The Morgan fingerprint density at radius 2 is 1.10 bits per heavy atom. The van der Waals surface area contributed by atoms with Gasteiger partial charge in [0.2, 0.25) is 0 Å². The van der Waals surface area contributed by atoms with Gasteiger partial charge < -0.3 is 13.9 Å². The van der Waals surface area contributed by atoms with Crippen LogP contribution in [0.1, 0.15) is 0 Å². The first kappa shape index (κ1) is 27.6. The van der Waals surface area contributed by atoms with Crippen molar-refractivity contribution in [2.75, 3.05) is 4.90 Å². The molecule has 0 aliphatic heterocycles. The third-order valence-corrected chi connectivity index (χ3v) is 11.3. The third kappa shape index (κ3) is 3.97. The summed E-state index contributed by atoms with van der Waals surface area (Å²) in [5.74, 6) is 0. The summed E-state index contributed by atoms with van der Waals surface area (Å²) in [6.45, 7) is 0. The molecule has 0 saturated carbocycles. The van der Waals surface area contributed by atoms with Crippen LogP contribution in [0.15, 0.2) is 174 Å². The average molecular weight is 657 g/mol. The van der Waals surface area contributed by atoms with E-state index in [0.29, 0.717) is 0 Å². The van der Waals surface area contributed by atoms with Crippen molar-refractivity contribution in [1.29, 1.82) is 0 Å². The Bertz CT molecular complexity index is 3110. The molecule has 234 valence electrons. The SMILES string of the molecule is c1ccc(-n2c3ccccc3c3cc(N(c4ccc5oc6ccccc6c5c4)c4cc5ccccc5c5sc6ccccc6c45)ccc32)cc1. The molecule has 3 nitrogen and oxygen atoms in total. The van der Waals surface area contributed by atoms with Crippen molar-refractivity contribution in [3.63, 3.8) is 0 Å². The van der Waals surface area contributed by atoms with Gasteiger partial charge in [-0.1, -0.05) is 97.1 Å². The van der Waals surface area contributed by atoms with Crippen LogP contribution in [-0.4, -0.2) is 4.57 Å². The zero-order chi connectivity index (χ0) is 32.8. The number of para-hydroxylation sites is 3. The Kier molecular flexibility index (Phi) is 5.83. The molecule has 11 aromatic rings. The molecular weight excluding hydrogens is 629 g/mol. The van der Waals surface area contributed by atoms with E-state index in [2.05, 4.69) is 167 Å². The van der Waals surface area contributed by atoms with Crippen LogP contribution in [0.2, 0.25) is 0 Å². The van der Waals surface area contributed by atoms with Crippen LogP contribution in [0, 0.1) is 0 Å². The third-order valence-electron chi connectivity index (χ3n) is 10.1. The number of nitrogens with zero attached hydrogens (tertiary/aromatic N) is 2. The van der Waals surface area contributed by atoms with Crippen LogP contribution < -0.4 is 4.90 Å². The zero-order valence-electron chi connectivity index (χ0n) is 26.9. The summed E-state index contributed by atoms with van der Waals surface area (Å²) in [4.78, 5) is 2.46. The average Bonchev–Trinajstić information content (AvgIpc) is 3.85. The standard InChI is InChI=1S/C46H28N2OS/c1-2-13-30(14-3-1)48-39-19-9-6-16-34(39)37-27-31(22-24-40(37)48)47(32-23-25-43-38(28-32)35-17-7-10-20-42(35)49-43)41-26-29-12-4-5-15-33(29)46-45(41)36-18-8-11-21-44(36)50-46/h1-28H. The number of thiophene rings is 1. The fourth-order valence-corrected chi connectivity index (χ4v) is 9.21. The monoisotopic (exact) mass is 656 g/mol. The topological polar surface area (TPSA) is 21.3 Å². The van der Waals surface area contributed by atoms with Gasteiger partial charge in [0.25, 0.3) is 0 Å². The molecule has 0 aliphatic carbocycles. The van der Waals surface area contributed by atoms with Gasteiger partial charge in [0, 0.05) is 58.8 Å². The molecule has 4 heteroatoms. The minimum atomic E-state index is 0.890. The normalized spacial score (nSPS) is 12.0. The molecular formula is C46H28N2OS. The van der Waals surface area contributed by atoms with Crippen molar-refractivity contribution in [3.05, 3.63) is 170 Å². The second-order valence-corrected chi connectivity index (χ2v) is 14.0. The van der Waals surface area contributed by atoms with Crippen LogP contribution in [0.4, 0.5) is 17.1 Å². The Balaban J connectivity index is 1.26. The maximum Gasteiger partial charge on any atom is 0.135 e. The summed E-state index contributed by atoms with van der Waals surface area (Å²) < 4.78 is 11.3. The van der Waals surface area contributed by atoms with Crippen molar-refractivity contribution in [1.82, 2.24) is 4.57 Å². The van der Waals surface area contributed by atoms with E-state index in [1.807, 2.05) is 23.5 Å². The largest absolute Gasteiger partial charge is 0.456 e. The van der Waals surface area contributed by atoms with Gasteiger partial charge in [0.05, 0.1) is 16.7 Å². The minimum Gasteiger partial charge on any atom is -0.456 e. The van der Waals surface area contributed by atoms with Gasteiger partial charge in [-0.3, -0.25) is 0 Å². The Morgan fingerprint density at radius 1 is 0.460 bits per heavy atom. The summed E-state index contributed by atoms with van der Waals surface area (Å²) >= 11 is 1.88. The first-order valence-corrected chi connectivity index (χ1v) is 17.7. The number of hydrogen-bond donors (Lipinski definition) is 0. The second-order valence-electron chi connectivity index (χ2n) is 12.9. The van der Waals surface area contributed by atoms with Crippen LogP contribution in [0.25, 0.3) is 80.4 Å². The zero-order valence-corrected chi connectivity index (χ0v) is 27.7. The summed E-state index contributed by atoms with van der Waals surface area (Å²) in [5.41, 5.74) is 8.67. The highest BCUT2D eigenvalue weighted by molar-refractivity contribution is 7.26. The van der Waals surface area contributed by atoms with Crippen molar-refractivity contribution in [3.8, 4) is 5.69 Å². The van der Waals surface area contributed by atoms with E-state index in [0.717, 1.165) is 44.7 Å². The van der Waals surface area contributed by atoms with Crippen molar-refractivity contribution in [2.24, 2.45) is 0 Å². The molecule has 0 saturated heterocycles. The van der Waals surface area contributed by atoms with E-state index in [4.69, 9.17) is 4.42 Å². The minimum absolute atomic E-state index is 0.890. The quantitative estimate of drug-likeness (QED) is 0.188. The highest BCUT2D eigenvalue weighted by atomic mass is 32.1. The molecule has 50 heavy (non-hydrogen) atoms. The predicted octanol–water partition coefficient (Wildman–Crippen LogP) is 13.7. The second kappa shape index (κ2) is 10.6. The summed E-state index contributed by atoms with van der Waals surface area (Å²) in [6.07, 6.45) is 0. The molecule has 0 amide bonds. The fraction of sp³-hybridized carbons (Fsp3) is 0. The molecule has 11 rings (SSSR count). The lowest BCUT2D eigenvalue weighted by Gasteiger charge is -2.27. The lowest BCUT2D eigenvalue weighted by atomic mass is 10.0. The van der Waals surface area contributed by atoms with Gasteiger partial charge >= 0.3 is 0 Å². The van der Waals surface area contributed by atoms with Crippen LogP contribution in [0.5, 0.6) is 0 Å². The van der Waals surface area contributed by atoms with Gasteiger partial charge in [-0.15, -0.1) is 11.3 Å². The van der Waals surface area contributed by atoms with E-state index < -0.39 is 0 Å². The van der Waals surface area contributed by atoms with Crippen molar-refractivity contribution >= 4 is 103 Å². The summed E-state index contributed by atoms with van der Waals surface area (Å²) in [5, 5.41) is 9.73. The van der Waals surface area contributed by atoms with Gasteiger partial charge in [-0.2, -0.15) is 0 Å². The number of hydrogen-bond acceptors (Lipinski definition) is 3. The molecule has 0 N–H and O–H groups in total. The molecule has 0 bridgehead atoms. The number of anilines is 3. The molecule has 0 radical (unpaired) electrons. The maximum absolute atomic E-state index is 6.30. The molecule has 0 aliphatic rings. The number of benzene rings is 8. The molecule has 3 heterocycles.